The first-order chi connectivity index (χ1) is 14.5. The molecule has 2 heterocycles. The fourth-order valence-corrected chi connectivity index (χ4v) is 3.70. The second-order valence-electron chi connectivity index (χ2n) is 6.92. The maximum atomic E-state index is 13.9. The number of fused-ring (bicyclic) bond motifs is 3. The number of hydrogen-bond donors (Lipinski definition) is 0. The van der Waals surface area contributed by atoms with E-state index in [0.29, 0.717) is 30.0 Å². The van der Waals surface area contributed by atoms with Crippen molar-refractivity contribution in [2.75, 3.05) is 7.11 Å². The first kappa shape index (κ1) is 18.5. The molecule has 8 heteroatoms. The van der Waals surface area contributed by atoms with Crippen LogP contribution in [0.2, 0.25) is 0 Å². The second kappa shape index (κ2) is 6.76. The zero-order valence-electron chi connectivity index (χ0n) is 15.8. The van der Waals surface area contributed by atoms with Crippen LogP contribution in [-0.4, -0.2) is 17.3 Å². The van der Waals surface area contributed by atoms with Crippen LogP contribution in [0.25, 0.3) is 34.2 Å². The SMILES string of the molecule is COc1ccc2c(c1)CCc1nc(-c3noc(-c4ccccc4)c3C(F)(F)F)oc1-2. The minimum absolute atomic E-state index is 0.207. The zero-order valence-corrected chi connectivity index (χ0v) is 15.8. The van der Waals surface area contributed by atoms with Crippen LogP contribution >= 0.6 is 0 Å². The summed E-state index contributed by atoms with van der Waals surface area (Å²) in [6.07, 6.45) is -3.46. The van der Waals surface area contributed by atoms with E-state index in [4.69, 9.17) is 13.7 Å². The van der Waals surface area contributed by atoms with Gasteiger partial charge in [0.15, 0.2) is 17.2 Å². The standard InChI is InChI=1S/C22H15F3N2O3/c1-28-14-8-9-15-13(11-14)7-10-16-20(15)29-21(26-16)18-17(22(23,24)25)19(30-27-18)12-5-3-2-4-6-12/h2-6,8-9,11H,7,10H2,1H3. The van der Waals surface area contributed by atoms with Crippen molar-refractivity contribution in [2.45, 2.75) is 19.0 Å². The van der Waals surface area contributed by atoms with Gasteiger partial charge < -0.3 is 13.7 Å². The molecule has 5 nitrogen and oxygen atoms in total. The molecule has 0 fully saturated rings. The molecule has 0 saturated heterocycles. The van der Waals surface area contributed by atoms with Gasteiger partial charge in [-0.3, -0.25) is 0 Å². The van der Waals surface area contributed by atoms with Crippen molar-refractivity contribution < 1.29 is 26.8 Å². The molecular formula is C22H15F3N2O3. The van der Waals surface area contributed by atoms with Crippen LogP contribution in [0.4, 0.5) is 13.2 Å². The van der Waals surface area contributed by atoms with Crippen LogP contribution in [0.15, 0.2) is 57.5 Å². The molecule has 2 aromatic carbocycles. The van der Waals surface area contributed by atoms with Gasteiger partial charge in [0.05, 0.1) is 12.8 Å². The fourth-order valence-electron chi connectivity index (χ4n) is 3.70. The Hall–Kier alpha value is -3.55. The van der Waals surface area contributed by atoms with E-state index >= 15 is 0 Å². The lowest BCUT2D eigenvalue weighted by Crippen LogP contribution is -2.07. The summed E-state index contributed by atoms with van der Waals surface area (Å²) in [6, 6.07) is 13.5. The highest BCUT2D eigenvalue weighted by molar-refractivity contribution is 5.73. The van der Waals surface area contributed by atoms with Gasteiger partial charge in [-0.25, -0.2) is 4.98 Å². The third kappa shape index (κ3) is 2.96. The predicted molar refractivity (Wildman–Crippen MR) is 102 cm³/mol. The lowest BCUT2D eigenvalue weighted by Gasteiger charge is -2.14. The number of benzene rings is 2. The molecule has 1 aliphatic rings. The molecule has 0 N–H and O–H groups in total. The molecule has 0 atom stereocenters. The van der Waals surface area contributed by atoms with Gasteiger partial charge in [0, 0.05) is 11.1 Å². The molecule has 0 radical (unpaired) electrons. The molecule has 0 aliphatic heterocycles. The van der Waals surface area contributed by atoms with Gasteiger partial charge in [-0.15, -0.1) is 0 Å². The van der Waals surface area contributed by atoms with Crippen molar-refractivity contribution in [1.82, 2.24) is 10.1 Å². The summed E-state index contributed by atoms with van der Waals surface area (Å²) in [5, 5.41) is 3.68. The first-order valence-corrected chi connectivity index (χ1v) is 9.25. The number of methoxy groups -OCH3 is 1. The Morgan fingerprint density at radius 1 is 1.00 bits per heavy atom. The Kier molecular flexibility index (Phi) is 4.16. The van der Waals surface area contributed by atoms with Crippen molar-refractivity contribution in [3.05, 3.63) is 65.4 Å². The molecule has 2 aromatic heterocycles. The normalized spacial score (nSPS) is 13.1. The summed E-state index contributed by atoms with van der Waals surface area (Å²) in [6.45, 7) is 0. The fraction of sp³-hybridized carbons (Fsp3) is 0.182. The van der Waals surface area contributed by atoms with Gasteiger partial charge in [0.1, 0.15) is 11.3 Å². The summed E-state index contributed by atoms with van der Waals surface area (Å²) < 4.78 is 58.0. The summed E-state index contributed by atoms with van der Waals surface area (Å²) in [7, 11) is 1.58. The highest BCUT2D eigenvalue weighted by Gasteiger charge is 2.43. The van der Waals surface area contributed by atoms with Crippen LogP contribution in [0.5, 0.6) is 5.75 Å². The molecule has 30 heavy (non-hydrogen) atoms. The molecular weight excluding hydrogens is 397 g/mol. The number of alkyl halides is 3. The smallest absolute Gasteiger partial charge is 0.422 e. The monoisotopic (exact) mass is 412 g/mol. The summed E-state index contributed by atoms with van der Waals surface area (Å²) in [5.41, 5.74) is 1.20. The van der Waals surface area contributed by atoms with E-state index in [-0.39, 0.29) is 17.2 Å². The molecule has 152 valence electrons. The molecule has 4 aromatic rings. The van der Waals surface area contributed by atoms with Crippen LogP contribution in [0.1, 0.15) is 16.8 Å². The first-order valence-electron chi connectivity index (χ1n) is 9.25. The molecule has 1 aliphatic carbocycles. The number of halogens is 3. The Bertz CT molecular complexity index is 1230. The third-order valence-electron chi connectivity index (χ3n) is 5.10. The molecule has 0 amide bonds. The van der Waals surface area contributed by atoms with E-state index in [2.05, 4.69) is 10.1 Å². The maximum Gasteiger partial charge on any atom is 0.422 e. The molecule has 5 rings (SSSR count). The van der Waals surface area contributed by atoms with E-state index in [0.717, 1.165) is 11.1 Å². The number of rotatable bonds is 3. The Morgan fingerprint density at radius 3 is 2.53 bits per heavy atom. The highest BCUT2D eigenvalue weighted by atomic mass is 19.4. The Balaban J connectivity index is 1.65. The van der Waals surface area contributed by atoms with Gasteiger partial charge in [0.2, 0.25) is 5.89 Å². The quantitative estimate of drug-likeness (QED) is 0.426. The van der Waals surface area contributed by atoms with Gasteiger partial charge in [-0.2, -0.15) is 13.2 Å². The van der Waals surface area contributed by atoms with Crippen LogP contribution < -0.4 is 4.74 Å². The van der Waals surface area contributed by atoms with E-state index in [1.54, 1.807) is 31.4 Å². The van der Waals surface area contributed by atoms with Crippen molar-refractivity contribution in [3.63, 3.8) is 0 Å². The highest BCUT2D eigenvalue weighted by Crippen LogP contribution is 2.45. The molecule has 0 spiro atoms. The molecule has 0 bridgehead atoms. The van der Waals surface area contributed by atoms with Crippen LogP contribution in [0.3, 0.4) is 0 Å². The van der Waals surface area contributed by atoms with E-state index in [1.807, 2.05) is 12.1 Å². The average molecular weight is 412 g/mol. The van der Waals surface area contributed by atoms with E-state index in [1.165, 1.54) is 12.1 Å². The van der Waals surface area contributed by atoms with Crippen molar-refractivity contribution in [3.8, 4) is 40.0 Å². The number of nitrogens with zero attached hydrogens (tertiary/aromatic N) is 2. The summed E-state index contributed by atoms with van der Waals surface area (Å²) in [4.78, 5) is 4.32. The van der Waals surface area contributed by atoms with Crippen LogP contribution in [-0.2, 0) is 19.0 Å². The van der Waals surface area contributed by atoms with Crippen molar-refractivity contribution >= 4 is 0 Å². The predicted octanol–water partition coefficient (Wildman–Crippen LogP) is 5.79. The molecule has 0 saturated carbocycles. The topological polar surface area (TPSA) is 61.3 Å². The third-order valence-corrected chi connectivity index (χ3v) is 5.10. The Morgan fingerprint density at radius 2 is 1.80 bits per heavy atom. The van der Waals surface area contributed by atoms with Gasteiger partial charge in [0.25, 0.3) is 0 Å². The maximum absolute atomic E-state index is 13.9. The lowest BCUT2D eigenvalue weighted by molar-refractivity contribution is -0.136. The average Bonchev–Trinajstić information content (AvgIpc) is 3.38. The molecule has 0 unspecified atom stereocenters. The van der Waals surface area contributed by atoms with E-state index < -0.39 is 17.4 Å². The number of aryl methyl sites for hydroxylation is 2. The van der Waals surface area contributed by atoms with Gasteiger partial charge in [-0.1, -0.05) is 35.5 Å². The van der Waals surface area contributed by atoms with Gasteiger partial charge >= 0.3 is 6.18 Å². The second-order valence-corrected chi connectivity index (χ2v) is 6.92. The summed E-state index contributed by atoms with van der Waals surface area (Å²) >= 11 is 0. The minimum Gasteiger partial charge on any atom is -0.497 e. The largest absolute Gasteiger partial charge is 0.497 e. The number of oxazole rings is 1. The zero-order chi connectivity index (χ0) is 20.9. The number of hydrogen-bond acceptors (Lipinski definition) is 5. The van der Waals surface area contributed by atoms with E-state index in [9.17, 15) is 13.2 Å². The van der Waals surface area contributed by atoms with Gasteiger partial charge in [-0.05, 0) is 36.6 Å². The number of aromatic nitrogens is 2. The van der Waals surface area contributed by atoms with Crippen LogP contribution in [0, 0.1) is 0 Å². The summed E-state index contributed by atoms with van der Waals surface area (Å²) in [5.74, 6) is 0.591. The minimum atomic E-state index is -4.69. The number of ether oxygens (including phenoxy) is 1. The van der Waals surface area contributed by atoms with Crippen molar-refractivity contribution in [2.24, 2.45) is 0 Å². The lowest BCUT2D eigenvalue weighted by atomic mass is 9.93. The Labute approximate surface area is 169 Å². The van der Waals surface area contributed by atoms with Crippen molar-refractivity contribution in [1.29, 1.82) is 0 Å².